The Balaban J connectivity index is 2.15. The highest BCUT2D eigenvalue weighted by molar-refractivity contribution is 5.99. The van der Waals surface area contributed by atoms with Crippen molar-refractivity contribution in [1.82, 2.24) is 0 Å². The summed E-state index contributed by atoms with van der Waals surface area (Å²) in [5.41, 5.74) is 0.694. The van der Waals surface area contributed by atoms with Crippen LogP contribution in [0, 0.1) is 5.92 Å². The molecule has 1 fully saturated rings. The van der Waals surface area contributed by atoms with Gasteiger partial charge in [0.15, 0.2) is 0 Å². The van der Waals surface area contributed by atoms with E-state index in [1.54, 1.807) is 12.1 Å². The van der Waals surface area contributed by atoms with Crippen LogP contribution in [0.25, 0.3) is 0 Å². The Morgan fingerprint density at radius 3 is 2.90 bits per heavy atom. The quantitative estimate of drug-likeness (QED) is 0.896. The lowest BCUT2D eigenvalue weighted by Gasteiger charge is -2.18. The number of carbonyl (C=O) groups is 2. The monoisotopic (exact) mass is 277 g/mol. The fraction of sp³-hybridized carbons (Fsp3) is 0.467. The smallest absolute Gasteiger partial charge is 0.308 e. The van der Waals surface area contributed by atoms with Crippen molar-refractivity contribution in [2.24, 2.45) is 5.92 Å². The Labute approximate surface area is 118 Å². The topological polar surface area (TPSA) is 66.8 Å². The number of carboxylic acids is 1. The Morgan fingerprint density at radius 2 is 2.30 bits per heavy atom. The van der Waals surface area contributed by atoms with E-state index in [1.807, 2.05) is 26.0 Å². The molecule has 1 amide bonds. The van der Waals surface area contributed by atoms with Gasteiger partial charge >= 0.3 is 5.97 Å². The molecule has 2 atom stereocenters. The van der Waals surface area contributed by atoms with Crippen molar-refractivity contribution in [1.29, 1.82) is 0 Å². The maximum atomic E-state index is 11.9. The molecule has 1 aliphatic rings. The number of nitrogens with zero attached hydrogens (tertiary/aromatic N) is 1. The van der Waals surface area contributed by atoms with Crippen molar-refractivity contribution < 1.29 is 19.4 Å². The van der Waals surface area contributed by atoms with Gasteiger partial charge in [0.1, 0.15) is 5.75 Å². The summed E-state index contributed by atoms with van der Waals surface area (Å²) in [4.78, 5) is 24.4. The minimum Gasteiger partial charge on any atom is -0.491 e. The molecule has 0 spiro atoms. The van der Waals surface area contributed by atoms with Gasteiger partial charge in [-0.25, -0.2) is 0 Å². The van der Waals surface area contributed by atoms with Gasteiger partial charge in [-0.1, -0.05) is 13.0 Å². The van der Waals surface area contributed by atoms with Crippen molar-refractivity contribution in [2.75, 3.05) is 11.4 Å². The second-order valence-corrected chi connectivity index (χ2v) is 5.08. The molecule has 5 nitrogen and oxygen atoms in total. The molecule has 108 valence electrons. The largest absolute Gasteiger partial charge is 0.491 e. The van der Waals surface area contributed by atoms with Crippen molar-refractivity contribution in [3.63, 3.8) is 0 Å². The van der Waals surface area contributed by atoms with E-state index in [1.165, 1.54) is 4.90 Å². The second-order valence-electron chi connectivity index (χ2n) is 5.08. The van der Waals surface area contributed by atoms with Crippen LogP contribution in [0.3, 0.4) is 0 Å². The lowest BCUT2D eigenvalue weighted by Crippen LogP contribution is -2.25. The van der Waals surface area contributed by atoms with E-state index in [9.17, 15) is 9.59 Å². The van der Waals surface area contributed by atoms with E-state index in [4.69, 9.17) is 9.84 Å². The first-order chi connectivity index (χ1) is 9.51. The first-order valence-corrected chi connectivity index (χ1v) is 6.81. The van der Waals surface area contributed by atoms with Crippen LogP contribution in [0.1, 0.15) is 26.7 Å². The molecule has 1 aliphatic heterocycles. The highest BCUT2D eigenvalue weighted by Gasteiger charge is 2.35. The van der Waals surface area contributed by atoms with Gasteiger partial charge < -0.3 is 14.7 Å². The third-order valence-electron chi connectivity index (χ3n) is 3.52. The third kappa shape index (κ3) is 3.10. The van der Waals surface area contributed by atoms with E-state index >= 15 is 0 Å². The Morgan fingerprint density at radius 1 is 1.55 bits per heavy atom. The average Bonchev–Trinajstić information content (AvgIpc) is 2.81. The summed E-state index contributed by atoms with van der Waals surface area (Å²) in [7, 11) is 0. The maximum absolute atomic E-state index is 11.9. The molecule has 1 saturated heterocycles. The molecule has 20 heavy (non-hydrogen) atoms. The van der Waals surface area contributed by atoms with E-state index in [0.717, 1.165) is 6.42 Å². The molecule has 1 N–H and O–H groups in total. The van der Waals surface area contributed by atoms with E-state index in [2.05, 4.69) is 0 Å². The Kier molecular flexibility index (Phi) is 4.27. The zero-order valence-corrected chi connectivity index (χ0v) is 11.7. The summed E-state index contributed by atoms with van der Waals surface area (Å²) >= 11 is 0. The van der Waals surface area contributed by atoms with Crippen LogP contribution >= 0.6 is 0 Å². The van der Waals surface area contributed by atoms with Gasteiger partial charge in [0.2, 0.25) is 5.91 Å². The number of carbonyl (C=O) groups excluding carboxylic acids is 1. The summed E-state index contributed by atoms with van der Waals surface area (Å²) in [5.74, 6) is -1.00. The minimum absolute atomic E-state index is 0.0613. The molecule has 0 saturated carbocycles. The average molecular weight is 277 g/mol. The van der Waals surface area contributed by atoms with Gasteiger partial charge in [-0.2, -0.15) is 0 Å². The number of benzene rings is 1. The van der Waals surface area contributed by atoms with Crippen LogP contribution in [0.5, 0.6) is 5.75 Å². The highest BCUT2D eigenvalue weighted by Crippen LogP contribution is 2.28. The number of rotatable bonds is 5. The van der Waals surface area contributed by atoms with Gasteiger partial charge in [0, 0.05) is 24.7 Å². The van der Waals surface area contributed by atoms with E-state index < -0.39 is 11.9 Å². The SMILES string of the molecule is CCC(C)Oc1cccc(N2CC(C(=O)O)CC2=O)c1. The van der Waals surface area contributed by atoms with Gasteiger partial charge in [-0.15, -0.1) is 0 Å². The number of amides is 1. The van der Waals surface area contributed by atoms with Gasteiger partial charge in [-0.3, -0.25) is 9.59 Å². The minimum atomic E-state index is -0.923. The molecule has 1 aromatic rings. The third-order valence-corrected chi connectivity index (χ3v) is 3.52. The van der Waals surface area contributed by atoms with Gasteiger partial charge in [-0.05, 0) is 25.5 Å². The lowest BCUT2D eigenvalue weighted by molar-refractivity contribution is -0.141. The molecule has 0 aromatic heterocycles. The summed E-state index contributed by atoms with van der Waals surface area (Å²) in [6.07, 6.45) is 1.06. The van der Waals surface area contributed by atoms with E-state index in [0.29, 0.717) is 11.4 Å². The number of aliphatic carboxylic acids is 1. The number of carboxylic acid groups (broad SMARTS) is 1. The summed E-state index contributed by atoms with van der Waals surface area (Å²) < 4.78 is 5.72. The van der Waals surface area contributed by atoms with Gasteiger partial charge in [0.25, 0.3) is 0 Å². The van der Waals surface area contributed by atoms with E-state index in [-0.39, 0.29) is 25.0 Å². The van der Waals surface area contributed by atoms with Crippen molar-refractivity contribution in [3.05, 3.63) is 24.3 Å². The Hall–Kier alpha value is -2.04. The van der Waals surface area contributed by atoms with Crippen LogP contribution < -0.4 is 9.64 Å². The van der Waals surface area contributed by atoms with Crippen LogP contribution in [0.15, 0.2) is 24.3 Å². The summed E-state index contributed by atoms with van der Waals surface area (Å²) in [5, 5.41) is 9.00. The first-order valence-electron chi connectivity index (χ1n) is 6.81. The number of anilines is 1. The van der Waals surface area contributed by atoms with Gasteiger partial charge in [0.05, 0.1) is 12.0 Å². The fourth-order valence-corrected chi connectivity index (χ4v) is 2.16. The number of ether oxygens (including phenoxy) is 1. The molecule has 1 aromatic carbocycles. The van der Waals surface area contributed by atoms with Crippen LogP contribution in [0.4, 0.5) is 5.69 Å². The molecular formula is C15H19NO4. The predicted molar refractivity (Wildman–Crippen MR) is 74.9 cm³/mol. The molecule has 0 bridgehead atoms. The zero-order chi connectivity index (χ0) is 14.7. The molecule has 2 unspecified atom stereocenters. The van der Waals surface area contributed by atoms with Crippen LogP contribution in [0.2, 0.25) is 0 Å². The number of hydrogen-bond acceptors (Lipinski definition) is 3. The summed E-state index contributed by atoms with van der Waals surface area (Å²) in [6, 6.07) is 7.24. The molecule has 0 radical (unpaired) electrons. The lowest BCUT2D eigenvalue weighted by atomic mass is 10.1. The zero-order valence-electron chi connectivity index (χ0n) is 11.7. The van der Waals surface area contributed by atoms with Crippen molar-refractivity contribution in [2.45, 2.75) is 32.8 Å². The summed E-state index contributed by atoms with van der Waals surface area (Å²) in [6.45, 7) is 4.24. The molecular weight excluding hydrogens is 258 g/mol. The fourth-order valence-electron chi connectivity index (χ4n) is 2.16. The van der Waals surface area contributed by atoms with Crippen molar-refractivity contribution in [3.8, 4) is 5.75 Å². The molecule has 2 rings (SSSR count). The standard InChI is InChI=1S/C15H19NO4/c1-3-10(2)20-13-6-4-5-12(8-13)16-9-11(15(18)19)7-14(16)17/h4-6,8,10-11H,3,7,9H2,1-2H3,(H,18,19). The first kappa shape index (κ1) is 14.4. The highest BCUT2D eigenvalue weighted by atomic mass is 16.5. The predicted octanol–water partition coefficient (Wildman–Crippen LogP) is 2.30. The molecule has 0 aliphatic carbocycles. The van der Waals surface area contributed by atoms with Crippen LogP contribution in [-0.4, -0.2) is 29.6 Å². The maximum Gasteiger partial charge on any atom is 0.308 e. The Bertz CT molecular complexity index is 514. The molecule has 1 heterocycles. The second kappa shape index (κ2) is 5.94. The van der Waals surface area contributed by atoms with Crippen molar-refractivity contribution >= 4 is 17.6 Å². The normalized spacial score (nSPS) is 20.0. The van der Waals surface area contributed by atoms with Crippen LogP contribution in [-0.2, 0) is 9.59 Å². The number of hydrogen-bond donors (Lipinski definition) is 1. The molecule has 5 heteroatoms.